The average molecular weight is 1620 g/mol. The van der Waals surface area contributed by atoms with Crippen molar-refractivity contribution >= 4 is 138 Å². The number of fused-ring (bicyclic) bond motifs is 1. The second kappa shape index (κ2) is 44.2. The van der Waals surface area contributed by atoms with E-state index in [2.05, 4.69) is 56.9 Å². The summed E-state index contributed by atoms with van der Waals surface area (Å²) in [4.78, 5) is 184. The molecule has 3 fully saturated rings. The molecule has 4 aromatic carbocycles. The summed E-state index contributed by atoms with van der Waals surface area (Å²) in [5.74, 6) is -6.22. The number of aromatic amines is 1. The van der Waals surface area contributed by atoms with E-state index in [1.54, 1.807) is 60.8 Å². The van der Waals surface area contributed by atoms with Crippen molar-refractivity contribution in [1.29, 1.82) is 0 Å². The maximum Gasteiger partial charge on any atom is 0.411 e. The predicted octanol–water partition coefficient (Wildman–Crippen LogP) is 8.60. The number of carbonyl (C=O) groups excluding carboxylic acids is 12. The van der Waals surface area contributed by atoms with Crippen molar-refractivity contribution in [2.24, 2.45) is 16.0 Å². The summed E-state index contributed by atoms with van der Waals surface area (Å²) in [7, 11) is 6.58. The minimum Gasteiger partial charge on any atom is -0.454 e. The first kappa shape index (κ1) is 87.4. The first-order chi connectivity index (χ1) is 53.8. The number of para-hydroxylation sites is 1. The van der Waals surface area contributed by atoms with Crippen LogP contribution in [0, 0.1) is 0 Å². The standard InChI is InChI=1S/C75H96N18O15S4/c1-75(2,3)112-111-44-59(85-73(104)107-40-47-25-29-51(30-26-47)86-88-77)68(99)81-55(22-12-14-34-90(4)5)67(98)84-58(37-50-39-80-54-20-10-9-19-53(50)54)72(103)106-42-63(94)91-35-16-24-61(91)70(101)82-56(21-11-13-33-79-69(100)62-45-109-46-93(62)74(105)108-41-48-27-31-52(32-28-48)87-89-78)66(97)83-57(71(102)92-36-15-23-60(92)65(76)96)38-64(95)110-43-49-17-7-6-8-18-49/h6-10,17-20,25-32,39,55-62,80H,11-16,21-24,33-38,40-46H2,1-5H3,(H2,76,96)(H,79,100)(H,81,99)(H,82,101)(H,83,97)(H,84,98)(H,85,104)/t55-,56-,57?,58-,59-,60-,61-,62?/m0/s1. The number of aromatic nitrogens is 1. The number of H-pyrrole nitrogens is 1. The molecule has 0 saturated carbocycles. The molecule has 9 N–H and O–H groups in total. The third-order valence-electron chi connectivity index (χ3n) is 18.3. The number of alkyl carbamates (subject to hydrolysis) is 1. The summed E-state index contributed by atoms with van der Waals surface area (Å²) in [5.41, 5.74) is 27.4. The highest BCUT2D eigenvalue weighted by Crippen LogP contribution is 2.36. The molecule has 112 heavy (non-hydrogen) atoms. The van der Waals surface area contributed by atoms with Crippen molar-refractivity contribution in [3.05, 3.63) is 152 Å². The number of hydrogen-bond donors (Lipinski definition) is 8. The number of hydrogen-bond acceptors (Lipinski definition) is 22. The molecule has 3 aliphatic rings. The summed E-state index contributed by atoms with van der Waals surface area (Å²) in [6, 6.07) is 19.0. The van der Waals surface area contributed by atoms with Gasteiger partial charge in [-0.1, -0.05) is 161 Å². The quantitative estimate of drug-likeness (QED) is 0.00346. The lowest BCUT2D eigenvalue weighted by Gasteiger charge is -2.30. The second-order valence-electron chi connectivity index (χ2n) is 28.2. The van der Waals surface area contributed by atoms with Gasteiger partial charge in [-0.3, -0.25) is 48.1 Å². The molecule has 4 heterocycles. The molecule has 10 amide bonds. The van der Waals surface area contributed by atoms with E-state index in [9.17, 15) is 57.5 Å². The van der Waals surface area contributed by atoms with Crippen molar-refractivity contribution < 1.29 is 71.7 Å². The number of likely N-dealkylation sites (tertiary alicyclic amines) is 2. The van der Waals surface area contributed by atoms with E-state index in [1.807, 2.05) is 88.3 Å². The number of primary amides is 1. The normalized spacial score (nSPS) is 16.6. The van der Waals surface area contributed by atoms with E-state index in [4.69, 9.17) is 31.0 Å². The third-order valence-corrected chi connectivity index (χ3v) is 23.7. The summed E-state index contributed by atoms with van der Waals surface area (Å²) >= 11 is 2.28. The van der Waals surface area contributed by atoms with Gasteiger partial charge in [-0.05, 0) is 124 Å². The number of carbonyl (C=O) groups is 12. The number of esters is 1. The Morgan fingerprint density at radius 2 is 1.25 bits per heavy atom. The Labute approximate surface area is 664 Å². The van der Waals surface area contributed by atoms with Crippen LogP contribution < -0.4 is 37.6 Å². The highest BCUT2D eigenvalue weighted by Gasteiger charge is 2.42. The number of benzene rings is 4. The van der Waals surface area contributed by atoms with Crippen LogP contribution in [-0.4, -0.2) is 212 Å². The largest absolute Gasteiger partial charge is 0.454 e. The first-order valence-corrected chi connectivity index (χ1v) is 41.2. The summed E-state index contributed by atoms with van der Waals surface area (Å²) in [5, 5.41) is 24.0. The van der Waals surface area contributed by atoms with Crippen LogP contribution >= 0.6 is 45.1 Å². The molecule has 3 saturated heterocycles. The van der Waals surface area contributed by atoms with Crippen molar-refractivity contribution in [3.63, 3.8) is 0 Å². The lowest BCUT2D eigenvalue weighted by atomic mass is 10.0. The number of rotatable bonds is 40. The maximum atomic E-state index is 14.9. The zero-order valence-corrected chi connectivity index (χ0v) is 66.3. The molecule has 0 bridgehead atoms. The smallest absolute Gasteiger partial charge is 0.411 e. The summed E-state index contributed by atoms with van der Waals surface area (Å²) in [6.07, 6.45) is 1.86. The lowest BCUT2D eigenvalue weighted by molar-refractivity contribution is -0.155. The molecule has 33 nitrogen and oxygen atoms in total. The number of azide groups is 2. The zero-order valence-electron chi connectivity index (χ0n) is 63.1. The molecule has 1 aromatic heterocycles. The Bertz CT molecular complexity index is 4200. The number of unbranched alkanes of at least 4 members (excludes halogenated alkanes) is 2. The molecule has 37 heteroatoms. The molecule has 0 aliphatic carbocycles. The molecule has 8 atom stereocenters. The van der Waals surface area contributed by atoms with Crippen molar-refractivity contribution in [1.82, 2.24) is 56.5 Å². The fraction of sp³-hybridized carbons (Fsp3) is 0.493. The van der Waals surface area contributed by atoms with Gasteiger partial charge < -0.3 is 71.5 Å². The van der Waals surface area contributed by atoms with Crippen LogP contribution in [0.4, 0.5) is 21.0 Å². The van der Waals surface area contributed by atoms with Gasteiger partial charge in [-0.15, -0.1) is 11.8 Å². The van der Waals surface area contributed by atoms with Gasteiger partial charge in [0.15, 0.2) is 11.7 Å². The van der Waals surface area contributed by atoms with Crippen LogP contribution in [0.1, 0.15) is 114 Å². The van der Waals surface area contributed by atoms with E-state index in [-0.39, 0.29) is 106 Å². The number of nitrogens with two attached hydrogens (primary N) is 1. The van der Waals surface area contributed by atoms with Gasteiger partial charge in [0.05, 0.1) is 5.88 Å². The lowest BCUT2D eigenvalue weighted by Crippen LogP contribution is -2.58. The minimum absolute atomic E-state index is 0.0173. The Balaban J connectivity index is 0.970. The minimum atomic E-state index is -1.53. The molecule has 5 aromatic rings. The van der Waals surface area contributed by atoms with Gasteiger partial charge in [0.2, 0.25) is 41.4 Å². The van der Waals surface area contributed by atoms with E-state index >= 15 is 0 Å². The Morgan fingerprint density at radius 3 is 1.90 bits per heavy atom. The Kier molecular flexibility index (Phi) is 34.5. The SMILES string of the molecule is CN(C)CCCC[C@H](NC(=O)[C@H](CSSC(C)(C)C)NC(=O)OCc1ccc(N=[N+]=[N-])cc1)C(=O)N[C@@H](Cc1c[nH]c2ccccc12)C(=O)OCC(=O)N1CCC[C@H]1C(=O)N[C@@H](CCCCNC(=O)C1CSCN1C(=O)OCc1ccc(N=[N+]=[N-])cc1)C(=O)NC(CC(=O)SCc1ccccc1)C(=O)N1CCC[C@H]1C(N)=O. The van der Waals surface area contributed by atoms with Crippen LogP contribution in [0.5, 0.6) is 0 Å². The fourth-order valence-corrected chi connectivity index (χ4v) is 17.0. The van der Waals surface area contributed by atoms with Gasteiger partial charge in [0, 0.05) is 92.8 Å². The maximum absolute atomic E-state index is 14.9. The fourth-order valence-electron chi connectivity index (χ4n) is 12.5. The van der Waals surface area contributed by atoms with Crippen molar-refractivity contribution in [2.75, 3.05) is 64.3 Å². The number of nitrogens with one attached hydrogen (secondary N) is 7. The molecular weight excluding hydrogens is 1520 g/mol. The van der Waals surface area contributed by atoms with Gasteiger partial charge in [0.25, 0.3) is 5.91 Å². The summed E-state index contributed by atoms with van der Waals surface area (Å²) < 4.78 is 16.6. The van der Waals surface area contributed by atoms with Crippen molar-refractivity contribution in [3.8, 4) is 0 Å². The highest BCUT2D eigenvalue weighted by molar-refractivity contribution is 8.77. The van der Waals surface area contributed by atoms with Gasteiger partial charge >= 0.3 is 18.2 Å². The molecule has 8 rings (SSSR count). The number of nitrogens with zero attached hydrogens (tertiary/aromatic N) is 10. The van der Waals surface area contributed by atoms with Crippen LogP contribution in [0.25, 0.3) is 31.8 Å². The second-order valence-corrected chi connectivity index (χ2v) is 33.4. The molecular formula is C75H96N18O15S4. The summed E-state index contributed by atoms with van der Waals surface area (Å²) in [6.45, 7) is 5.57. The molecule has 0 radical (unpaired) electrons. The van der Waals surface area contributed by atoms with Crippen LogP contribution in [0.2, 0.25) is 0 Å². The third kappa shape index (κ3) is 27.6. The van der Waals surface area contributed by atoms with Crippen LogP contribution in [0.3, 0.4) is 0 Å². The number of ether oxygens (including phenoxy) is 3. The topological polar surface area (TPSA) is 457 Å². The van der Waals surface area contributed by atoms with E-state index < -0.39 is 132 Å². The van der Waals surface area contributed by atoms with Gasteiger partial charge in [-0.25, -0.2) is 14.4 Å². The molecule has 2 unspecified atom stereocenters. The van der Waals surface area contributed by atoms with Gasteiger partial charge in [0.1, 0.15) is 61.5 Å². The number of amides is 10. The molecule has 600 valence electrons. The Hall–Kier alpha value is -10.2. The van der Waals surface area contributed by atoms with E-state index in [1.165, 1.54) is 48.0 Å². The monoisotopic (exact) mass is 1620 g/mol. The Morgan fingerprint density at radius 1 is 0.652 bits per heavy atom. The highest BCUT2D eigenvalue weighted by atomic mass is 33.1. The van der Waals surface area contributed by atoms with Gasteiger partial charge in [-0.2, -0.15) is 0 Å². The number of thioether (sulfide) groups is 2. The van der Waals surface area contributed by atoms with E-state index in [0.717, 1.165) is 28.2 Å². The van der Waals surface area contributed by atoms with Crippen molar-refractivity contribution in [2.45, 2.75) is 170 Å². The molecule has 0 spiro atoms. The van der Waals surface area contributed by atoms with Crippen LogP contribution in [-0.2, 0) is 87.5 Å². The van der Waals surface area contributed by atoms with Crippen LogP contribution in [0.15, 0.2) is 120 Å². The average Bonchev–Trinajstić information content (AvgIpc) is 1.66. The molecule has 3 aliphatic heterocycles. The van der Waals surface area contributed by atoms with E-state index in [0.29, 0.717) is 60.3 Å². The zero-order chi connectivity index (χ0) is 80.7. The predicted molar refractivity (Wildman–Crippen MR) is 427 cm³/mol. The first-order valence-electron chi connectivity index (χ1n) is 36.7.